The number of nitrogens with zero attached hydrogens (tertiary/aromatic N) is 3. The van der Waals surface area contributed by atoms with E-state index in [-0.39, 0.29) is 11.3 Å². The Labute approximate surface area is 156 Å². The van der Waals surface area contributed by atoms with Crippen LogP contribution in [0.3, 0.4) is 0 Å². The van der Waals surface area contributed by atoms with Crippen molar-refractivity contribution in [2.24, 2.45) is 0 Å². The number of thiophene rings is 2. The Morgan fingerprint density at radius 3 is 2.56 bits per heavy atom. The number of amides is 1. The van der Waals surface area contributed by atoms with E-state index in [0.717, 1.165) is 32.2 Å². The lowest BCUT2D eigenvalue weighted by Gasteiger charge is -2.17. The summed E-state index contributed by atoms with van der Waals surface area (Å²) in [6.45, 7) is 10.9. The Balaban J connectivity index is 2.00. The number of rotatable bonds is 3. The number of aryl methyl sites for hydroxylation is 2. The summed E-state index contributed by atoms with van der Waals surface area (Å²) >= 11 is 3.15. The van der Waals surface area contributed by atoms with E-state index >= 15 is 0 Å². The van der Waals surface area contributed by atoms with Gasteiger partial charge in [0.05, 0.1) is 17.1 Å². The number of hydrogen-bond acceptors (Lipinski definition) is 5. The van der Waals surface area contributed by atoms with Crippen LogP contribution in [-0.4, -0.2) is 27.8 Å². The molecule has 0 aliphatic heterocycles. The molecule has 3 heterocycles. The van der Waals surface area contributed by atoms with Gasteiger partial charge in [-0.15, -0.1) is 22.7 Å². The van der Waals surface area contributed by atoms with Crippen LogP contribution in [0.4, 0.5) is 0 Å². The van der Waals surface area contributed by atoms with Gasteiger partial charge in [0.1, 0.15) is 10.7 Å². The van der Waals surface area contributed by atoms with Gasteiger partial charge in [-0.3, -0.25) is 4.79 Å². The van der Waals surface area contributed by atoms with Crippen molar-refractivity contribution in [2.45, 2.75) is 46.6 Å². The van der Waals surface area contributed by atoms with Crippen LogP contribution in [0.5, 0.6) is 0 Å². The maximum Gasteiger partial charge on any atom is 0.264 e. The number of hydrogen-bond donors (Lipinski definition) is 0. The van der Waals surface area contributed by atoms with Crippen LogP contribution in [0.2, 0.25) is 0 Å². The second-order valence-corrected chi connectivity index (χ2v) is 9.39. The van der Waals surface area contributed by atoms with E-state index in [4.69, 9.17) is 4.98 Å². The number of carbonyl (C=O) groups is 1. The summed E-state index contributed by atoms with van der Waals surface area (Å²) in [5, 5.41) is 3.05. The highest BCUT2D eigenvalue weighted by atomic mass is 32.1. The minimum atomic E-state index is -0.114. The van der Waals surface area contributed by atoms with Crippen molar-refractivity contribution in [1.29, 1.82) is 0 Å². The van der Waals surface area contributed by atoms with Crippen molar-refractivity contribution >= 4 is 38.8 Å². The lowest BCUT2D eigenvalue weighted by molar-refractivity contribution is 0.0790. The first-order valence-electron chi connectivity index (χ1n) is 8.24. The predicted molar refractivity (Wildman–Crippen MR) is 106 cm³/mol. The van der Waals surface area contributed by atoms with Gasteiger partial charge in [0.15, 0.2) is 0 Å². The van der Waals surface area contributed by atoms with Gasteiger partial charge in [0, 0.05) is 22.7 Å². The molecule has 0 unspecified atom stereocenters. The standard InChI is InChI=1S/C19H23N3OS2/c1-11-14-12(2)20-18(19(3,4)5)21-16(14)25-15(11)17(23)22(6)10-13-8-7-9-24-13/h7-9H,10H2,1-6H3. The van der Waals surface area contributed by atoms with Crippen LogP contribution >= 0.6 is 22.7 Å². The van der Waals surface area contributed by atoms with E-state index in [2.05, 4.69) is 31.8 Å². The molecule has 0 N–H and O–H groups in total. The fourth-order valence-corrected chi connectivity index (χ4v) is 4.74. The van der Waals surface area contributed by atoms with Crippen LogP contribution in [0.15, 0.2) is 17.5 Å². The molecule has 25 heavy (non-hydrogen) atoms. The van der Waals surface area contributed by atoms with E-state index in [0.29, 0.717) is 6.54 Å². The number of fused-ring (bicyclic) bond motifs is 1. The highest BCUT2D eigenvalue weighted by Gasteiger charge is 2.24. The fraction of sp³-hybridized carbons (Fsp3) is 0.421. The molecule has 3 rings (SSSR count). The summed E-state index contributed by atoms with van der Waals surface area (Å²) in [4.78, 5) is 27.0. The lowest BCUT2D eigenvalue weighted by atomic mass is 9.95. The summed E-state index contributed by atoms with van der Waals surface area (Å²) in [6.07, 6.45) is 0. The highest BCUT2D eigenvalue weighted by molar-refractivity contribution is 7.20. The first-order chi connectivity index (χ1) is 11.7. The molecule has 0 saturated heterocycles. The van der Waals surface area contributed by atoms with Crippen LogP contribution in [0, 0.1) is 13.8 Å². The maximum absolute atomic E-state index is 12.9. The van der Waals surface area contributed by atoms with Crippen molar-refractivity contribution < 1.29 is 4.79 Å². The van der Waals surface area contributed by atoms with Gasteiger partial charge in [-0.25, -0.2) is 9.97 Å². The third kappa shape index (κ3) is 3.46. The molecule has 6 heteroatoms. The molecule has 0 radical (unpaired) electrons. The monoisotopic (exact) mass is 373 g/mol. The lowest BCUT2D eigenvalue weighted by Crippen LogP contribution is -2.25. The average Bonchev–Trinajstić information content (AvgIpc) is 3.13. The minimum Gasteiger partial charge on any atom is -0.336 e. The summed E-state index contributed by atoms with van der Waals surface area (Å²) in [7, 11) is 1.85. The number of carbonyl (C=O) groups excluding carboxylic acids is 1. The topological polar surface area (TPSA) is 46.1 Å². The molecule has 1 amide bonds. The van der Waals surface area contributed by atoms with E-state index in [1.165, 1.54) is 16.2 Å². The van der Waals surface area contributed by atoms with Crippen molar-refractivity contribution in [1.82, 2.24) is 14.9 Å². The van der Waals surface area contributed by atoms with E-state index in [9.17, 15) is 4.79 Å². The molecule has 132 valence electrons. The highest BCUT2D eigenvalue weighted by Crippen LogP contribution is 2.34. The molecule has 3 aromatic rings. The van der Waals surface area contributed by atoms with Crippen LogP contribution in [0.25, 0.3) is 10.2 Å². The van der Waals surface area contributed by atoms with Crippen LogP contribution < -0.4 is 0 Å². The molecule has 0 spiro atoms. The molecular weight excluding hydrogens is 350 g/mol. The molecule has 0 atom stereocenters. The molecule has 0 aliphatic carbocycles. The molecule has 3 aromatic heterocycles. The van der Waals surface area contributed by atoms with Gasteiger partial charge in [0.2, 0.25) is 0 Å². The summed E-state index contributed by atoms with van der Waals surface area (Å²) in [6, 6.07) is 4.06. The van der Waals surface area contributed by atoms with Gasteiger partial charge in [-0.05, 0) is 30.9 Å². The van der Waals surface area contributed by atoms with Crippen LogP contribution in [0.1, 0.15) is 52.4 Å². The molecule has 0 aliphatic rings. The minimum absolute atomic E-state index is 0.0469. The fourth-order valence-electron chi connectivity index (χ4n) is 2.76. The van der Waals surface area contributed by atoms with Gasteiger partial charge in [0.25, 0.3) is 5.91 Å². The van der Waals surface area contributed by atoms with Gasteiger partial charge < -0.3 is 4.90 Å². The Morgan fingerprint density at radius 1 is 1.24 bits per heavy atom. The molecule has 4 nitrogen and oxygen atoms in total. The predicted octanol–water partition coefficient (Wildman–Crippen LogP) is 4.94. The zero-order chi connectivity index (χ0) is 18.4. The molecule has 0 bridgehead atoms. The maximum atomic E-state index is 12.9. The third-order valence-corrected chi connectivity index (χ3v) is 6.19. The quantitative estimate of drug-likeness (QED) is 0.653. The number of aromatic nitrogens is 2. The Bertz CT molecular complexity index is 920. The summed E-state index contributed by atoms with van der Waals surface area (Å²) < 4.78 is 0. The third-order valence-electron chi connectivity index (χ3n) is 4.16. The Hall–Kier alpha value is -1.79. The van der Waals surface area contributed by atoms with Crippen molar-refractivity contribution in [3.8, 4) is 0 Å². The van der Waals surface area contributed by atoms with E-state index in [1.807, 2.05) is 32.3 Å². The van der Waals surface area contributed by atoms with Crippen molar-refractivity contribution in [3.63, 3.8) is 0 Å². The molecular formula is C19H23N3OS2. The molecule has 0 saturated carbocycles. The first kappa shape index (κ1) is 18.0. The van der Waals surface area contributed by atoms with Gasteiger partial charge in [-0.2, -0.15) is 0 Å². The smallest absolute Gasteiger partial charge is 0.264 e. The zero-order valence-electron chi connectivity index (χ0n) is 15.5. The van der Waals surface area contributed by atoms with Crippen LogP contribution in [-0.2, 0) is 12.0 Å². The average molecular weight is 374 g/mol. The molecule has 0 fully saturated rings. The largest absolute Gasteiger partial charge is 0.336 e. The van der Waals surface area contributed by atoms with E-state index < -0.39 is 0 Å². The summed E-state index contributed by atoms with van der Waals surface area (Å²) in [5.41, 5.74) is 1.82. The normalized spacial score (nSPS) is 11.9. The zero-order valence-corrected chi connectivity index (χ0v) is 17.1. The van der Waals surface area contributed by atoms with Gasteiger partial charge >= 0.3 is 0 Å². The second kappa shape index (κ2) is 6.50. The van der Waals surface area contributed by atoms with Crippen molar-refractivity contribution in [2.75, 3.05) is 7.05 Å². The second-order valence-electron chi connectivity index (χ2n) is 7.36. The summed E-state index contributed by atoms with van der Waals surface area (Å²) in [5.74, 6) is 0.871. The molecule has 0 aromatic carbocycles. The Kier molecular flexibility index (Phi) is 4.68. The van der Waals surface area contributed by atoms with Crippen molar-refractivity contribution in [3.05, 3.63) is 44.3 Å². The Morgan fingerprint density at radius 2 is 1.96 bits per heavy atom. The SMILES string of the molecule is Cc1nc(C(C)(C)C)nc2sc(C(=O)N(C)Cc3cccs3)c(C)c12. The van der Waals surface area contributed by atoms with Gasteiger partial charge in [-0.1, -0.05) is 26.8 Å². The van der Waals surface area contributed by atoms with E-state index in [1.54, 1.807) is 16.2 Å². The first-order valence-corrected chi connectivity index (χ1v) is 9.94.